The van der Waals surface area contributed by atoms with Gasteiger partial charge in [-0.3, -0.25) is 4.79 Å². The van der Waals surface area contributed by atoms with Gasteiger partial charge in [0.25, 0.3) is 5.91 Å². The van der Waals surface area contributed by atoms with E-state index in [1.165, 1.54) is 5.56 Å². The zero-order valence-corrected chi connectivity index (χ0v) is 22.8. The molecule has 2 heterocycles. The Balaban J connectivity index is 1.75. The molecule has 1 unspecified atom stereocenters. The molecule has 4 rings (SSSR count). The average Bonchev–Trinajstić information content (AvgIpc) is 3.35. The molecule has 2 aromatic heterocycles. The summed E-state index contributed by atoms with van der Waals surface area (Å²) in [7, 11) is 5.95. The zero-order valence-electron chi connectivity index (χ0n) is 22.8. The quantitative estimate of drug-likeness (QED) is 0.327. The van der Waals surface area contributed by atoms with Gasteiger partial charge >= 0.3 is 0 Å². The molecule has 1 atom stereocenters. The fourth-order valence-electron chi connectivity index (χ4n) is 4.56. The Morgan fingerprint density at radius 2 is 1.78 bits per heavy atom. The molecule has 7 nitrogen and oxygen atoms in total. The van der Waals surface area contributed by atoms with Crippen LogP contribution in [0.25, 0.3) is 22.3 Å². The number of pyridine rings is 1. The highest BCUT2D eigenvalue weighted by atomic mass is 16.2. The Morgan fingerprint density at radius 1 is 1.03 bits per heavy atom. The van der Waals surface area contributed by atoms with Crippen molar-refractivity contribution >= 4 is 16.9 Å². The molecule has 0 fully saturated rings. The number of rotatable bonds is 10. The number of fused-ring (bicyclic) bond motifs is 1. The van der Waals surface area contributed by atoms with Gasteiger partial charge in [0.2, 0.25) is 0 Å². The lowest BCUT2D eigenvalue weighted by Crippen LogP contribution is -2.30. The predicted molar refractivity (Wildman–Crippen MR) is 151 cm³/mol. The number of carbonyl (C=O) groups is 1. The van der Waals surface area contributed by atoms with E-state index in [1.807, 2.05) is 43.0 Å². The number of nitrogens with zero attached hydrogens (tertiary/aromatic N) is 5. The van der Waals surface area contributed by atoms with Crippen molar-refractivity contribution in [2.75, 3.05) is 34.2 Å². The van der Waals surface area contributed by atoms with Crippen molar-refractivity contribution in [2.45, 2.75) is 39.4 Å². The fraction of sp³-hybridized carbons (Fsp3) is 0.367. The van der Waals surface area contributed by atoms with Crippen LogP contribution in [0.2, 0.25) is 0 Å². The molecule has 1 N–H and O–H groups in total. The molecule has 194 valence electrons. The van der Waals surface area contributed by atoms with E-state index in [2.05, 4.69) is 79.5 Å². The van der Waals surface area contributed by atoms with Crippen molar-refractivity contribution in [3.8, 4) is 11.3 Å². The first kappa shape index (κ1) is 26.5. The van der Waals surface area contributed by atoms with Crippen LogP contribution in [-0.2, 0) is 6.54 Å². The largest absolute Gasteiger partial charge is 0.335 e. The molecule has 0 radical (unpaired) electrons. The van der Waals surface area contributed by atoms with Gasteiger partial charge < -0.3 is 15.1 Å². The van der Waals surface area contributed by atoms with Crippen LogP contribution in [0.5, 0.6) is 0 Å². The van der Waals surface area contributed by atoms with E-state index in [0.717, 1.165) is 47.5 Å². The lowest BCUT2D eigenvalue weighted by Gasteiger charge is -2.26. The van der Waals surface area contributed by atoms with Crippen LogP contribution in [0.1, 0.15) is 54.3 Å². The lowest BCUT2D eigenvalue weighted by atomic mass is 10.0. The summed E-state index contributed by atoms with van der Waals surface area (Å²) in [6, 6.07) is 20.5. The molecule has 0 aliphatic carbocycles. The number of hydrogen-bond donors (Lipinski definition) is 1. The van der Waals surface area contributed by atoms with Gasteiger partial charge in [-0.05, 0) is 58.1 Å². The van der Waals surface area contributed by atoms with Crippen LogP contribution in [0.15, 0.2) is 66.9 Å². The number of likely N-dealkylation sites (N-methyl/N-ethyl adjacent to an activating group) is 2. The summed E-state index contributed by atoms with van der Waals surface area (Å²) in [6.45, 7) is 8.95. The second-order valence-corrected chi connectivity index (χ2v) is 10.0. The summed E-state index contributed by atoms with van der Waals surface area (Å²) in [5.74, 6) is -0.0451. The highest BCUT2D eigenvalue weighted by Crippen LogP contribution is 2.29. The highest BCUT2D eigenvalue weighted by molar-refractivity contribution is 6.06. The van der Waals surface area contributed by atoms with Crippen molar-refractivity contribution in [1.82, 2.24) is 29.9 Å². The minimum atomic E-state index is -0.0722. The molecule has 7 heteroatoms. The molecule has 1 amide bonds. The smallest absolute Gasteiger partial charge is 0.254 e. The van der Waals surface area contributed by atoms with Crippen molar-refractivity contribution < 1.29 is 4.79 Å². The van der Waals surface area contributed by atoms with Crippen molar-refractivity contribution in [3.05, 3.63) is 83.6 Å². The van der Waals surface area contributed by atoms with Gasteiger partial charge in [0.05, 0.1) is 28.9 Å². The molecule has 2 aromatic carbocycles. The highest BCUT2D eigenvalue weighted by Gasteiger charge is 2.24. The summed E-state index contributed by atoms with van der Waals surface area (Å²) in [6.07, 6.45) is 1.77. The molecule has 0 spiro atoms. The monoisotopic (exact) mass is 498 g/mol. The van der Waals surface area contributed by atoms with E-state index in [4.69, 9.17) is 4.98 Å². The third-order valence-electron chi connectivity index (χ3n) is 6.89. The Bertz CT molecular complexity index is 1350. The molecule has 4 aromatic rings. The zero-order chi connectivity index (χ0) is 26.5. The second-order valence-electron chi connectivity index (χ2n) is 10.0. The molecular weight excluding hydrogens is 460 g/mol. The number of nitrogens with one attached hydrogen (secondary N) is 1. The minimum absolute atomic E-state index is 0.0451. The maximum absolute atomic E-state index is 13.9. The number of aromatic nitrogens is 3. The third kappa shape index (κ3) is 5.89. The summed E-state index contributed by atoms with van der Waals surface area (Å²) in [4.78, 5) is 23.0. The summed E-state index contributed by atoms with van der Waals surface area (Å²) in [5, 5.41) is 8.57. The second kappa shape index (κ2) is 11.7. The topological polar surface area (TPSA) is 66.3 Å². The van der Waals surface area contributed by atoms with E-state index < -0.39 is 0 Å². The first-order chi connectivity index (χ1) is 17.8. The predicted octanol–water partition coefficient (Wildman–Crippen LogP) is 5.16. The fourth-order valence-corrected chi connectivity index (χ4v) is 4.56. The number of hydrogen-bond acceptors (Lipinski definition) is 5. The SMILES string of the molecule is CNCCN(C)Cc1cccc(-c2cc(C(=O)N(C)C(C)c3ccccc3)c3cnn(C(C)C)c3n2)c1. The number of benzene rings is 2. The maximum atomic E-state index is 13.9. The Labute approximate surface area is 220 Å². The normalized spacial score (nSPS) is 12.4. The van der Waals surface area contributed by atoms with Gasteiger partial charge in [0.15, 0.2) is 5.65 Å². The lowest BCUT2D eigenvalue weighted by molar-refractivity contribution is 0.0744. The van der Waals surface area contributed by atoms with Crippen LogP contribution in [0, 0.1) is 0 Å². The van der Waals surface area contributed by atoms with Crippen LogP contribution in [0.3, 0.4) is 0 Å². The molecule has 37 heavy (non-hydrogen) atoms. The van der Waals surface area contributed by atoms with E-state index in [0.29, 0.717) is 5.56 Å². The van der Waals surface area contributed by atoms with Crippen LogP contribution in [0.4, 0.5) is 0 Å². The van der Waals surface area contributed by atoms with E-state index in [1.54, 1.807) is 11.1 Å². The van der Waals surface area contributed by atoms with E-state index in [9.17, 15) is 4.79 Å². The van der Waals surface area contributed by atoms with Crippen LogP contribution < -0.4 is 5.32 Å². The number of carbonyl (C=O) groups excluding carboxylic acids is 1. The van der Waals surface area contributed by atoms with Crippen molar-refractivity contribution in [2.24, 2.45) is 0 Å². The summed E-state index contributed by atoms with van der Waals surface area (Å²) >= 11 is 0. The van der Waals surface area contributed by atoms with E-state index >= 15 is 0 Å². The average molecular weight is 499 g/mol. The minimum Gasteiger partial charge on any atom is -0.335 e. The molecular formula is C30H38N6O. The van der Waals surface area contributed by atoms with Gasteiger partial charge in [-0.15, -0.1) is 0 Å². The van der Waals surface area contributed by atoms with Gasteiger partial charge in [-0.25, -0.2) is 9.67 Å². The first-order valence-electron chi connectivity index (χ1n) is 12.9. The molecule has 0 saturated carbocycles. The maximum Gasteiger partial charge on any atom is 0.254 e. The van der Waals surface area contributed by atoms with Gasteiger partial charge in [0, 0.05) is 38.3 Å². The molecule has 0 bridgehead atoms. The van der Waals surface area contributed by atoms with Crippen LogP contribution in [-0.4, -0.2) is 64.7 Å². The summed E-state index contributed by atoms with van der Waals surface area (Å²) < 4.78 is 1.89. The standard InChI is InChI=1S/C30H38N6O/c1-21(2)36-29-27(19-32-36)26(30(37)35(6)22(3)24-12-8-7-9-13-24)18-28(33-29)25-14-10-11-23(17-25)20-34(5)16-15-31-4/h7-14,17-19,21-22,31H,15-16,20H2,1-6H3. The Kier molecular flexibility index (Phi) is 8.36. The summed E-state index contributed by atoms with van der Waals surface area (Å²) in [5.41, 5.74) is 5.42. The molecule has 0 saturated heterocycles. The first-order valence-corrected chi connectivity index (χ1v) is 12.9. The van der Waals surface area contributed by atoms with Gasteiger partial charge in [0.1, 0.15) is 0 Å². The molecule has 0 aliphatic heterocycles. The van der Waals surface area contributed by atoms with E-state index in [-0.39, 0.29) is 18.0 Å². The van der Waals surface area contributed by atoms with Gasteiger partial charge in [-0.1, -0.05) is 48.5 Å². The Morgan fingerprint density at radius 3 is 2.49 bits per heavy atom. The third-order valence-corrected chi connectivity index (χ3v) is 6.89. The van der Waals surface area contributed by atoms with Crippen molar-refractivity contribution in [1.29, 1.82) is 0 Å². The van der Waals surface area contributed by atoms with Gasteiger partial charge in [-0.2, -0.15) is 5.10 Å². The Hall–Kier alpha value is -3.55. The number of amides is 1. The molecule has 0 aliphatic rings. The van der Waals surface area contributed by atoms with Crippen LogP contribution >= 0.6 is 0 Å². The van der Waals surface area contributed by atoms with Crippen molar-refractivity contribution in [3.63, 3.8) is 0 Å².